The molecule has 3 heteroatoms. The number of halogens is 1. The van der Waals surface area contributed by atoms with Crippen molar-refractivity contribution in [2.45, 2.75) is 25.8 Å². The molecule has 0 spiro atoms. The number of hydrogen-bond donors (Lipinski definition) is 1. The molecule has 1 aromatic rings. The van der Waals surface area contributed by atoms with Gasteiger partial charge in [-0.15, -0.1) is 0 Å². The van der Waals surface area contributed by atoms with Crippen molar-refractivity contribution in [3.05, 3.63) is 40.9 Å². The highest BCUT2D eigenvalue weighted by molar-refractivity contribution is 9.11. The van der Waals surface area contributed by atoms with Crippen LogP contribution in [0, 0.1) is 0 Å². The van der Waals surface area contributed by atoms with Crippen LogP contribution in [0.4, 0.5) is 0 Å². The predicted octanol–water partition coefficient (Wildman–Crippen LogP) is 3.25. The molecule has 1 rings (SSSR count). The van der Waals surface area contributed by atoms with Gasteiger partial charge in [0.2, 0.25) is 0 Å². The normalized spacial score (nSPS) is 12.2. The van der Waals surface area contributed by atoms with Gasteiger partial charge in [0.25, 0.3) is 0 Å². The van der Waals surface area contributed by atoms with Crippen LogP contribution in [0.2, 0.25) is 0 Å². The summed E-state index contributed by atoms with van der Waals surface area (Å²) in [6.45, 7) is 6.31. The highest BCUT2D eigenvalue weighted by Crippen LogP contribution is 2.15. The third-order valence-electron chi connectivity index (χ3n) is 2.34. The zero-order chi connectivity index (χ0) is 12.0. The van der Waals surface area contributed by atoms with Crippen molar-refractivity contribution in [1.29, 1.82) is 0 Å². The van der Waals surface area contributed by atoms with Crippen molar-refractivity contribution in [2.75, 3.05) is 6.61 Å². The fourth-order valence-electron chi connectivity index (χ4n) is 1.33. The lowest BCUT2D eigenvalue weighted by Crippen LogP contribution is -2.21. The molecule has 0 aliphatic carbocycles. The first-order valence-corrected chi connectivity index (χ1v) is 6.21. The molecule has 1 aromatic carbocycles. The molecule has 0 saturated carbocycles. The van der Waals surface area contributed by atoms with E-state index in [0.29, 0.717) is 6.61 Å². The van der Waals surface area contributed by atoms with E-state index in [1.165, 1.54) is 5.56 Å². The summed E-state index contributed by atoms with van der Waals surface area (Å²) in [5, 5.41) is 0. The summed E-state index contributed by atoms with van der Waals surface area (Å²) in [5.41, 5.74) is 7.14. The molecule has 88 valence electrons. The van der Waals surface area contributed by atoms with Crippen LogP contribution in [0.15, 0.2) is 35.3 Å². The zero-order valence-corrected chi connectivity index (χ0v) is 11.2. The Morgan fingerprint density at radius 2 is 2.06 bits per heavy atom. The Hall–Kier alpha value is -0.800. The Balaban J connectivity index is 2.50. The lowest BCUT2D eigenvalue weighted by Gasteiger charge is -2.09. The summed E-state index contributed by atoms with van der Waals surface area (Å²) < 4.78 is 6.31. The molecule has 0 amide bonds. The lowest BCUT2D eigenvalue weighted by atomic mass is 10.0. The van der Waals surface area contributed by atoms with Gasteiger partial charge in [0.05, 0.1) is 0 Å². The largest absolute Gasteiger partial charge is 0.488 e. The fourth-order valence-corrected chi connectivity index (χ4v) is 1.44. The monoisotopic (exact) mass is 283 g/mol. The minimum absolute atomic E-state index is 0.245. The summed E-state index contributed by atoms with van der Waals surface area (Å²) in [5.74, 6) is 0.856. The van der Waals surface area contributed by atoms with E-state index in [1.54, 1.807) is 0 Å². The van der Waals surface area contributed by atoms with Crippen LogP contribution in [-0.2, 0) is 6.42 Å². The third kappa shape index (κ3) is 4.81. The molecular formula is C13H18BrNO. The first-order chi connectivity index (χ1) is 7.61. The van der Waals surface area contributed by atoms with Gasteiger partial charge in [0.15, 0.2) is 0 Å². The minimum atomic E-state index is 0.245. The Morgan fingerprint density at radius 1 is 1.44 bits per heavy atom. The molecule has 0 fully saturated rings. The molecule has 0 aromatic heterocycles. The Kier molecular flexibility index (Phi) is 5.56. The average Bonchev–Trinajstić information content (AvgIpc) is 2.28. The Bertz CT molecular complexity index is 334. The maximum absolute atomic E-state index is 5.89. The van der Waals surface area contributed by atoms with Crippen LogP contribution in [0.25, 0.3) is 0 Å². The second-order valence-corrected chi connectivity index (χ2v) is 4.94. The van der Waals surface area contributed by atoms with E-state index in [9.17, 15) is 0 Å². The summed E-state index contributed by atoms with van der Waals surface area (Å²) in [7, 11) is 0. The topological polar surface area (TPSA) is 35.2 Å². The number of nitrogens with two attached hydrogens (primary N) is 1. The first-order valence-electron chi connectivity index (χ1n) is 5.42. The van der Waals surface area contributed by atoms with E-state index in [1.807, 2.05) is 12.1 Å². The highest BCUT2D eigenvalue weighted by Gasteiger charge is 2.01. The van der Waals surface area contributed by atoms with Gasteiger partial charge in [-0.25, -0.2) is 0 Å². The van der Waals surface area contributed by atoms with Crippen LogP contribution in [0.1, 0.15) is 18.9 Å². The van der Waals surface area contributed by atoms with E-state index in [4.69, 9.17) is 10.5 Å². The molecule has 0 saturated heterocycles. The molecule has 0 heterocycles. The predicted molar refractivity (Wildman–Crippen MR) is 72.0 cm³/mol. The summed E-state index contributed by atoms with van der Waals surface area (Å²) in [6.07, 6.45) is 1.92. The second kappa shape index (κ2) is 6.71. The third-order valence-corrected chi connectivity index (χ3v) is 2.57. The standard InChI is InChI=1S/C13H18BrNO/c1-3-12(15)8-11-4-6-13(7-5-11)16-9-10(2)14/h4-7,12H,2-3,8-9,15H2,1H3. The van der Waals surface area contributed by atoms with Crippen LogP contribution in [0.5, 0.6) is 5.75 Å². The number of rotatable bonds is 6. The molecule has 0 aliphatic heterocycles. The maximum Gasteiger partial charge on any atom is 0.119 e. The fraction of sp³-hybridized carbons (Fsp3) is 0.385. The van der Waals surface area contributed by atoms with Crippen molar-refractivity contribution >= 4 is 15.9 Å². The van der Waals surface area contributed by atoms with Gasteiger partial charge >= 0.3 is 0 Å². The molecule has 0 bridgehead atoms. The van der Waals surface area contributed by atoms with Gasteiger partial charge in [0.1, 0.15) is 12.4 Å². The number of ether oxygens (including phenoxy) is 1. The van der Waals surface area contributed by atoms with E-state index < -0.39 is 0 Å². The molecule has 1 atom stereocenters. The van der Waals surface area contributed by atoms with Crippen molar-refractivity contribution in [3.63, 3.8) is 0 Å². The van der Waals surface area contributed by atoms with Gasteiger partial charge in [0, 0.05) is 10.5 Å². The second-order valence-electron chi connectivity index (χ2n) is 3.82. The zero-order valence-electron chi connectivity index (χ0n) is 9.58. The molecular weight excluding hydrogens is 266 g/mol. The van der Waals surface area contributed by atoms with E-state index in [2.05, 4.69) is 41.6 Å². The van der Waals surface area contributed by atoms with Gasteiger partial charge in [-0.3, -0.25) is 0 Å². The van der Waals surface area contributed by atoms with Crippen LogP contribution < -0.4 is 10.5 Å². The maximum atomic E-state index is 5.89. The highest BCUT2D eigenvalue weighted by atomic mass is 79.9. The molecule has 0 radical (unpaired) electrons. The Labute approximate surface area is 106 Å². The quantitative estimate of drug-likeness (QED) is 0.870. The van der Waals surface area contributed by atoms with Crippen LogP contribution in [-0.4, -0.2) is 12.6 Å². The SMILES string of the molecule is C=C(Br)COc1ccc(CC(N)CC)cc1. The van der Waals surface area contributed by atoms with Crippen LogP contribution in [0.3, 0.4) is 0 Å². The van der Waals surface area contributed by atoms with E-state index in [0.717, 1.165) is 23.1 Å². The summed E-state index contributed by atoms with van der Waals surface area (Å²) in [6, 6.07) is 8.29. The minimum Gasteiger partial charge on any atom is -0.488 e. The van der Waals surface area contributed by atoms with Gasteiger partial charge in [-0.1, -0.05) is 41.6 Å². The summed E-state index contributed by atoms with van der Waals surface area (Å²) in [4.78, 5) is 0. The van der Waals surface area contributed by atoms with Gasteiger partial charge < -0.3 is 10.5 Å². The van der Waals surface area contributed by atoms with E-state index in [-0.39, 0.29) is 6.04 Å². The van der Waals surface area contributed by atoms with Gasteiger partial charge in [-0.05, 0) is 30.5 Å². The first kappa shape index (κ1) is 13.3. The Morgan fingerprint density at radius 3 is 2.56 bits per heavy atom. The molecule has 16 heavy (non-hydrogen) atoms. The summed E-state index contributed by atoms with van der Waals surface area (Å²) >= 11 is 3.25. The molecule has 2 nitrogen and oxygen atoms in total. The number of benzene rings is 1. The van der Waals surface area contributed by atoms with Gasteiger partial charge in [-0.2, -0.15) is 0 Å². The van der Waals surface area contributed by atoms with Crippen molar-refractivity contribution in [1.82, 2.24) is 0 Å². The average molecular weight is 284 g/mol. The molecule has 2 N–H and O–H groups in total. The molecule has 1 unspecified atom stereocenters. The van der Waals surface area contributed by atoms with Crippen LogP contribution >= 0.6 is 15.9 Å². The lowest BCUT2D eigenvalue weighted by molar-refractivity contribution is 0.361. The smallest absolute Gasteiger partial charge is 0.119 e. The van der Waals surface area contributed by atoms with Crippen molar-refractivity contribution in [3.8, 4) is 5.75 Å². The number of hydrogen-bond acceptors (Lipinski definition) is 2. The van der Waals surface area contributed by atoms with E-state index >= 15 is 0 Å². The van der Waals surface area contributed by atoms with Crippen molar-refractivity contribution in [2.24, 2.45) is 5.73 Å². The van der Waals surface area contributed by atoms with Crippen molar-refractivity contribution < 1.29 is 4.74 Å². The molecule has 0 aliphatic rings.